The molecule has 1 saturated heterocycles. The normalized spacial score (nSPS) is 16.0. The van der Waals surface area contributed by atoms with E-state index in [4.69, 9.17) is 5.73 Å². The summed E-state index contributed by atoms with van der Waals surface area (Å²) in [6.45, 7) is 3.71. The van der Waals surface area contributed by atoms with Gasteiger partial charge in [0, 0.05) is 25.0 Å². The number of nitrogens with zero attached hydrogens (tertiary/aromatic N) is 3. The van der Waals surface area contributed by atoms with E-state index in [1.807, 2.05) is 4.90 Å². The first kappa shape index (κ1) is 19.6. The second kappa shape index (κ2) is 7.46. The van der Waals surface area contributed by atoms with Gasteiger partial charge in [-0.25, -0.2) is 0 Å². The number of nitrogen functional groups attached to an aromatic ring is 1. The summed E-state index contributed by atoms with van der Waals surface area (Å²) in [5.74, 6) is 1.02. The molecule has 0 aliphatic carbocycles. The fraction of sp³-hybridized carbons (Fsp3) is 0.444. The van der Waals surface area contributed by atoms with Gasteiger partial charge in [-0.1, -0.05) is 30.8 Å². The van der Waals surface area contributed by atoms with Gasteiger partial charge in [0.05, 0.1) is 5.56 Å². The van der Waals surface area contributed by atoms with Gasteiger partial charge < -0.3 is 10.6 Å². The maximum atomic E-state index is 13.2. The zero-order chi connectivity index (χ0) is 19.8. The van der Waals surface area contributed by atoms with E-state index in [0.29, 0.717) is 23.6 Å². The van der Waals surface area contributed by atoms with Gasteiger partial charge in [-0.2, -0.15) is 18.2 Å². The van der Waals surface area contributed by atoms with E-state index in [1.165, 1.54) is 22.8 Å². The third-order valence-corrected chi connectivity index (χ3v) is 5.89. The van der Waals surface area contributed by atoms with Crippen molar-refractivity contribution in [1.82, 2.24) is 9.55 Å². The lowest BCUT2D eigenvalue weighted by atomic mass is 10.00. The van der Waals surface area contributed by atoms with Crippen LogP contribution in [0.1, 0.15) is 25.3 Å². The Morgan fingerprint density at radius 1 is 1.22 bits per heavy atom. The van der Waals surface area contributed by atoms with Crippen LogP contribution in [0.3, 0.4) is 0 Å². The molecule has 0 amide bonds. The Morgan fingerprint density at radius 3 is 2.48 bits per heavy atom. The van der Waals surface area contributed by atoms with E-state index in [0.717, 1.165) is 32.0 Å². The summed E-state index contributed by atoms with van der Waals surface area (Å²) in [6.07, 6.45) is -2.53. The summed E-state index contributed by atoms with van der Waals surface area (Å²) in [5.41, 5.74) is 4.73. The Bertz CT molecular complexity index is 889. The smallest absolute Gasteiger partial charge is 0.382 e. The van der Waals surface area contributed by atoms with E-state index >= 15 is 0 Å². The van der Waals surface area contributed by atoms with Crippen LogP contribution in [-0.2, 0) is 13.2 Å². The molecule has 0 atom stereocenters. The second-order valence-corrected chi connectivity index (χ2v) is 7.81. The quantitative estimate of drug-likeness (QED) is 0.853. The maximum Gasteiger partial charge on any atom is 0.417 e. The van der Waals surface area contributed by atoms with Crippen molar-refractivity contribution in [2.24, 2.45) is 13.0 Å². The van der Waals surface area contributed by atoms with Crippen LogP contribution in [0.15, 0.2) is 38.9 Å². The van der Waals surface area contributed by atoms with Gasteiger partial charge in [-0.15, -0.1) is 0 Å². The molecule has 0 saturated carbocycles. The molecular formula is C18H21F3N4OS. The van der Waals surface area contributed by atoms with Gasteiger partial charge in [0.25, 0.3) is 5.56 Å². The average Bonchev–Trinajstić information content (AvgIpc) is 2.62. The fourth-order valence-electron chi connectivity index (χ4n) is 3.07. The summed E-state index contributed by atoms with van der Waals surface area (Å²) in [6, 6.07) is 5.12. The third-order valence-electron chi connectivity index (χ3n) is 4.72. The molecule has 1 aromatic heterocycles. The van der Waals surface area contributed by atoms with Crippen molar-refractivity contribution in [3.05, 3.63) is 40.2 Å². The number of benzene rings is 1. The van der Waals surface area contributed by atoms with Crippen molar-refractivity contribution < 1.29 is 13.2 Å². The minimum absolute atomic E-state index is 0.00308. The molecule has 2 aromatic rings. The highest BCUT2D eigenvalue weighted by molar-refractivity contribution is 7.99. The molecule has 1 aliphatic rings. The monoisotopic (exact) mass is 398 g/mol. The van der Waals surface area contributed by atoms with Crippen LogP contribution >= 0.6 is 11.8 Å². The van der Waals surface area contributed by atoms with E-state index in [2.05, 4.69) is 11.9 Å². The van der Waals surface area contributed by atoms with E-state index < -0.39 is 17.3 Å². The van der Waals surface area contributed by atoms with Crippen molar-refractivity contribution in [2.45, 2.75) is 35.7 Å². The highest BCUT2D eigenvalue weighted by Crippen LogP contribution is 2.39. The predicted octanol–water partition coefficient (Wildman–Crippen LogP) is 3.77. The molecule has 146 valence electrons. The molecule has 0 spiro atoms. The minimum Gasteiger partial charge on any atom is -0.382 e. The molecule has 5 nitrogen and oxygen atoms in total. The number of alkyl halides is 3. The maximum absolute atomic E-state index is 13.2. The molecule has 1 aromatic carbocycles. The Hall–Kier alpha value is -2.16. The van der Waals surface area contributed by atoms with Crippen molar-refractivity contribution >= 4 is 23.5 Å². The number of piperidine rings is 1. The van der Waals surface area contributed by atoms with Crippen LogP contribution in [0.25, 0.3) is 0 Å². The van der Waals surface area contributed by atoms with E-state index in [-0.39, 0.29) is 15.6 Å². The molecule has 0 unspecified atom stereocenters. The summed E-state index contributed by atoms with van der Waals surface area (Å²) in [7, 11) is 1.57. The number of aromatic nitrogens is 2. The minimum atomic E-state index is -4.51. The van der Waals surface area contributed by atoms with Crippen LogP contribution in [0, 0.1) is 5.92 Å². The molecule has 0 bridgehead atoms. The van der Waals surface area contributed by atoms with Crippen molar-refractivity contribution in [2.75, 3.05) is 23.7 Å². The Labute approximate surface area is 159 Å². The molecule has 27 heavy (non-hydrogen) atoms. The van der Waals surface area contributed by atoms with Crippen molar-refractivity contribution in [3.8, 4) is 0 Å². The zero-order valence-electron chi connectivity index (χ0n) is 15.1. The Morgan fingerprint density at radius 2 is 1.85 bits per heavy atom. The molecule has 1 fully saturated rings. The molecular weight excluding hydrogens is 377 g/mol. The van der Waals surface area contributed by atoms with Crippen LogP contribution in [0.4, 0.5) is 24.9 Å². The number of anilines is 2. The van der Waals surface area contributed by atoms with Gasteiger partial charge in [0.2, 0.25) is 5.95 Å². The fourth-order valence-corrected chi connectivity index (χ4v) is 4.11. The number of hydrogen-bond donors (Lipinski definition) is 1. The van der Waals surface area contributed by atoms with Crippen LogP contribution in [0.2, 0.25) is 0 Å². The third kappa shape index (κ3) is 4.07. The Kier molecular flexibility index (Phi) is 5.41. The first-order valence-electron chi connectivity index (χ1n) is 8.64. The number of nitrogens with two attached hydrogens (primary N) is 1. The van der Waals surface area contributed by atoms with Crippen LogP contribution < -0.4 is 16.2 Å². The lowest BCUT2D eigenvalue weighted by Gasteiger charge is -2.32. The molecule has 2 N–H and O–H groups in total. The Balaban J connectivity index is 1.97. The number of rotatable bonds is 3. The zero-order valence-corrected chi connectivity index (χ0v) is 15.9. The summed E-state index contributed by atoms with van der Waals surface area (Å²) in [5, 5.41) is 0. The van der Waals surface area contributed by atoms with Gasteiger partial charge in [0.1, 0.15) is 10.7 Å². The van der Waals surface area contributed by atoms with E-state index in [9.17, 15) is 18.0 Å². The molecule has 9 heteroatoms. The number of halogens is 3. The summed E-state index contributed by atoms with van der Waals surface area (Å²) < 4.78 is 41.0. The van der Waals surface area contributed by atoms with Gasteiger partial charge in [-0.05, 0) is 30.9 Å². The molecule has 0 radical (unpaired) electrons. The molecule has 1 aliphatic heterocycles. The van der Waals surface area contributed by atoms with Gasteiger partial charge in [-0.3, -0.25) is 9.36 Å². The predicted molar refractivity (Wildman–Crippen MR) is 100 cm³/mol. The standard InChI is InChI=1S/C18H21F3N4OS/c1-11-7-9-25(10-8-11)17-23-15(22)14(16(26)24(17)2)27-13-6-4-3-5-12(13)18(19,20)21/h3-6,11H,7-10,22H2,1-2H3. The topological polar surface area (TPSA) is 64.2 Å². The molecule has 3 rings (SSSR count). The first-order chi connectivity index (χ1) is 12.7. The van der Waals surface area contributed by atoms with E-state index in [1.54, 1.807) is 7.05 Å². The summed E-state index contributed by atoms with van der Waals surface area (Å²) in [4.78, 5) is 19.1. The second-order valence-electron chi connectivity index (χ2n) is 6.76. The lowest BCUT2D eigenvalue weighted by Crippen LogP contribution is -2.38. The van der Waals surface area contributed by atoms with Crippen LogP contribution in [-0.4, -0.2) is 22.6 Å². The number of hydrogen-bond acceptors (Lipinski definition) is 5. The average molecular weight is 398 g/mol. The van der Waals surface area contributed by atoms with Crippen molar-refractivity contribution in [3.63, 3.8) is 0 Å². The van der Waals surface area contributed by atoms with Crippen LogP contribution in [0.5, 0.6) is 0 Å². The molecule has 2 heterocycles. The lowest BCUT2D eigenvalue weighted by molar-refractivity contribution is -0.139. The van der Waals surface area contributed by atoms with Gasteiger partial charge >= 0.3 is 6.18 Å². The first-order valence-corrected chi connectivity index (χ1v) is 9.45. The van der Waals surface area contributed by atoms with Crippen molar-refractivity contribution in [1.29, 1.82) is 0 Å². The summed E-state index contributed by atoms with van der Waals surface area (Å²) >= 11 is 0.705. The van der Waals surface area contributed by atoms with Gasteiger partial charge in [0.15, 0.2) is 0 Å². The highest BCUT2D eigenvalue weighted by Gasteiger charge is 2.34. The highest BCUT2D eigenvalue weighted by atomic mass is 32.2. The SMILES string of the molecule is CC1CCN(c2nc(N)c(Sc3ccccc3C(F)(F)F)c(=O)n2C)CC1. The largest absolute Gasteiger partial charge is 0.417 e.